The molecule has 0 radical (unpaired) electrons. The number of nitrogens with zero attached hydrogens (tertiary/aromatic N) is 3. The zero-order valence-corrected chi connectivity index (χ0v) is 24.8. The van der Waals surface area contributed by atoms with Crippen LogP contribution in [0.3, 0.4) is 0 Å². The fourth-order valence-electron chi connectivity index (χ4n) is 5.17. The van der Waals surface area contributed by atoms with E-state index in [0.717, 1.165) is 13.8 Å². The van der Waals surface area contributed by atoms with Crippen molar-refractivity contribution < 1.29 is 61.9 Å². The van der Waals surface area contributed by atoms with Crippen LogP contribution in [-0.2, 0) is 61.9 Å². The molecule has 0 spiro atoms. The molecule has 0 aliphatic carbocycles. The predicted octanol–water partition coefficient (Wildman–Crippen LogP) is -0.281. The molecule has 1 unspecified atom stereocenters. The van der Waals surface area contributed by atoms with E-state index < -0.39 is 110 Å². The molecule has 18 heteroatoms. The first kappa shape index (κ1) is 34.0. The quantitative estimate of drug-likeness (QED) is 0.100. The number of carbonyl (C=O) groups is 5. The molecule has 2 N–H and O–H groups in total. The van der Waals surface area contributed by atoms with E-state index in [1.54, 1.807) is 13.8 Å². The maximum absolute atomic E-state index is 12.2. The van der Waals surface area contributed by atoms with Crippen molar-refractivity contribution in [1.82, 2.24) is 10.6 Å². The third kappa shape index (κ3) is 8.98. The molecule has 3 aliphatic heterocycles. The van der Waals surface area contributed by atoms with Gasteiger partial charge in [0.2, 0.25) is 11.8 Å². The van der Waals surface area contributed by atoms with Crippen molar-refractivity contribution in [1.29, 1.82) is 0 Å². The molecule has 3 saturated heterocycles. The third-order valence-electron chi connectivity index (χ3n) is 6.55. The standard InChI is InChI=1S/C25H37N5O13/c1-10(31)27-17-18(28-11(2)32)23(40-16(8-36-12(3)33)20(17)39-14(5)35)37-9-15(38-13(4)34)21-19(29-30-26)22-24(41-21)43-25(6,7)42-22/h15-24H,8-9H2,1-7H3,(H,27,31)(H,28,32)/t15?,16-,17-,18-,19+,20-,21-,22-,23+,24-/m1/s1. The number of nitrogens with one attached hydrogen (secondary N) is 2. The Morgan fingerprint density at radius 3 is 2.14 bits per heavy atom. The summed E-state index contributed by atoms with van der Waals surface area (Å²) in [6.07, 6.45) is -7.78. The van der Waals surface area contributed by atoms with Crippen LogP contribution in [-0.4, -0.2) is 110 Å². The molecule has 43 heavy (non-hydrogen) atoms. The van der Waals surface area contributed by atoms with E-state index in [1.165, 1.54) is 20.8 Å². The fourth-order valence-corrected chi connectivity index (χ4v) is 5.17. The van der Waals surface area contributed by atoms with Crippen LogP contribution in [0.2, 0.25) is 0 Å². The lowest BCUT2D eigenvalue weighted by atomic mass is 9.93. The van der Waals surface area contributed by atoms with Gasteiger partial charge in [-0.1, -0.05) is 5.11 Å². The van der Waals surface area contributed by atoms with Crippen LogP contribution in [0.15, 0.2) is 5.11 Å². The van der Waals surface area contributed by atoms with Gasteiger partial charge in [0.15, 0.2) is 30.6 Å². The Balaban J connectivity index is 1.92. The van der Waals surface area contributed by atoms with Gasteiger partial charge in [0.25, 0.3) is 0 Å². The molecule has 0 bridgehead atoms. The number of fused-ring (bicyclic) bond motifs is 1. The Bertz CT molecular complexity index is 1130. The van der Waals surface area contributed by atoms with Gasteiger partial charge in [-0.2, -0.15) is 0 Å². The van der Waals surface area contributed by atoms with Crippen molar-refractivity contribution in [3.8, 4) is 0 Å². The summed E-state index contributed by atoms with van der Waals surface area (Å²) in [6, 6.07) is -3.25. The summed E-state index contributed by atoms with van der Waals surface area (Å²) in [5, 5.41) is 9.07. The fraction of sp³-hybridized carbons (Fsp3) is 0.800. The minimum atomic E-state index is -1.38. The summed E-state index contributed by atoms with van der Waals surface area (Å²) < 4.78 is 45.6. The van der Waals surface area contributed by atoms with Gasteiger partial charge in [-0.3, -0.25) is 24.0 Å². The van der Waals surface area contributed by atoms with E-state index >= 15 is 0 Å². The summed E-state index contributed by atoms with van der Waals surface area (Å²) in [6.45, 7) is 8.38. The third-order valence-corrected chi connectivity index (χ3v) is 6.55. The molecule has 10 atom stereocenters. The Kier molecular flexibility index (Phi) is 11.3. The second-order valence-electron chi connectivity index (χ2n) is 10.6. The minimum Gasteiger partial charge on any atom is -0.463 e. The van der Waals surface area contributed by atoms with E-state index in [4.69, 9.17) is 37.9 Å². The Morgan fingerprint density at radius 1 is 0.930 bits per heavy atom. The van der Waals surface area contributed by atoms with E-state index in [9.17, 15) is 29.5 Å². The van der Waals surface area contributed by atoms with Crippen LogP contribution in [0.4, 0.5) is 0 Å². The van der Waals surface area contributed by atoms with Crippen LogP contribution in [0.5, 0.6) is 0 Å². The van der Waals surface area contributed by atoms with Crippen molar-refractivity contribution in [3.63, 3.8) is 0 Å². The highest BCUT2D eigenvalue weighted by Crippen LogP contribution is 2.40. The van der Waals surface area contributed by atoms with Crippen LogP contribution in [0.25, 0.3) is 10.4 Å². The summed E-state index contributed by atoms with van der Waals surface area (Å²) in [5.41, 5.74) is 9.22. The number of esters is 3. The van der Waals surface area contributed by atoms with Crippen LogP contribution >= 0.6 is 0 Å². The van der Waals surface area contributed by atoms with Gasteiger partial charge in [-0.05, 0) is 19.4 Å². The molecule has 3 heterocycles. The average Bonchev–Trinajstić information content (AvgIpc) is 3.34. The smallest absolute Gasteiger partial charge is 0.303 e. The highest BCUT2D eigenvalue weighted by molar-refractivity contribution is 5.75. The van der Waals surface area contributed by atoms with Crippen molar-refractivity contribution in [2.75, 3.05) is 13.2 Å². The number of rotatable bonds is 11. The lowest BCUT2D eigenvalue weighted by molar-refractivity contribution is -0.267. The molecule has 0 aromatic carbocycles. The SMILES string of the molecule is CC(=O)N[C@@H]1[C@@H](NC(C)=O)[C@@H](OCC(OC(C)=O)[C@H]2O[C@@H]3OC(C)(C)O[C@@H]3[C@H]2N=[N+]=[N-])O[C@H](COC(C)=O)[C@H]1OC(C)=O. The molecular weight excluding hydrogens is 578 g/mol. The molecule has 0 aromatic rings. The van der Waals surface area contributed by atoms with E-state index in [-0.39, 0.29) is 0 Å². The first-order valence-corrected chi connectivity index (χ1v) is 13.5. The molecule has 240 valence electrons. The maximum atomic E-state index is 12.2. The van der Waals surface area contributed by atoms with Crippen LogP contribution in [0.1, 0.15) is 48.5 Å². The van der Waals surface area contributed by atoms with E-state index in [1.807, 2.05) is 0 Å². The minimum absolute atomic E-state index is 0.401. The first-order chi connectivity index (χ1) is 20.1. The summed E-state index contributed by atoms with van der Waals surface area (Å²) >= 11 is 0. The highest BCUT2D eigenvalue weighted by Gasteiger charge is 2.57. The van der Waals surface area contributed by atoms with E-state index in [2.05, 4.69) is 20.7 Å². The molecule has 2 amide bonds. The second kappa shape index (κ2) is 14.3. The first-order valence-electron chi connectivity index (χ1n) is 13.5. The Hall–Kier alpha value is -3.54. The van der Waals surface area contributed by atoms with Crippen LogP contribution in [0, 0.1) is 0 Å². The zero-order chi connectivity index (χ0) is 32.1. The van der Waals surface area contributed by atoms with Crippen molar-refractivity contribution >= 4 is 29.7 Å². The molecule has 0 saturated carbocycles. The molecular formula is C25H37N5O13. The van der Waals surface area contributed by atoms with Crippen molar-refractivity contribution in [3.05, 3.63) is 10.4 Å². The van der Waals surface area contributed by atoms with Crippen molar-refractivity contribution in [2.45, 2.75) is 115 Å². The predicted molar refractivity (Wildman–Crippen MR) is 139 cm³/mol. The van der Waals surface area contributed by atoms with Gasteiger partial charge in [0, 0.05) is 39.5 Å². The maximum Gasteiger partial charge on any atom is 0.303 e. The lowest BCUT2D eigenvalue weighted by Crippen LogP contribution is -2.70. The van der Waals surface area contributed by atoms with Crippen molar-refractivity contribution in [2.24, 2.45) is 5.11 Å². The molecule has 18 nitrogen and oxygen atoms in total. The largest absolute Gasteiger partial charge is 0.463 e. The molecule has 3 aliphatic rings. The normalized spacial score (nSPS) is 33.2. The number of amides is 2. The van der Waals surface area contributed by atoms with Gasteiger partial charge >= 0.3 is 17.9 Å². The number of azide groups is 1. The average molecular weight is 616 g/mol. The summed E-state index contributed by atoms with van der Waals surface area (Å²) in [7, 11) is 0. The van der Waals surface area contributed by atoms with Crippen LogP contribution < -0.4 is 10.6 Å². The summed E-state index contributed by atoms with van der Waals surface area (Å²) in [4.78, 5) is 62.9. The highest BCUT2D eigenvalue weighted by atomic mass is 16.8. The Labute approximate surface area is 246 Å². The monoisotopic (exact) mass is 615 g/mol. The van der Waals surface area contributed by atoms with Gasteiger partial charge in [0.1, 0.15) is 31.0 Å². The summed E-state index contributed by atoms with van der Waals surface area (Å²) in [5.74, 6) is -4.19. The van der Waals surface area contributed by atoms with Gasteiger partial charge in [0.05, 0.1) is 18.7 Å². The lowest BCUT2D eigenvalue weighted by Gasteiger charge is -2.46. The molecule has 3 rings (SSSR count). The zero-order valence-electron chi connectivity index (χ0n) is 24.8. The van der Waals surface area contributed by atoms with E-state index in [0.29, 0.717) is 0 Å². The van der Waals surface area contributed by atoms with Gasteiger partial charge < -0.3 is 48.5 Å². The molecule has 3 fully saturated rings. The number of hydrogen-bond acceptors (Lipinski definition) is 14. The van der Waals surface area contributed by atoms with Gasteiger partial charge in [-0.25, -0.2) is 0 Å². The second-order valence-corrected chi connectivity index (χ2v) is 10.6. The van der Waals surface area contributed by atoms with Gasteiger partial charge in [-0.15, -0.1) is 0 Å². The number of hydrogen-bond donors (Lipinski definition) is 2. The Morgan fingerprint density at radius 2 is 1.58 bits per heavy atom. The number of ether oxygens (including phenoxy) is 8. The molecule has 0 aromatic heterocycles. The topological polar surface area (TPSA) is 232 Å². The number of carbonyl (C=O) groups excluding carboxylic acids is 5.